The summed E-state index contributed by atoms with van der Waals surface area (Å²) in [6, 6.07) is 19.7. The molecule has 0 saturated carbocycles. The van der Waals surface area contributed by atoms with Gasteiger partial charge >= 0.3 is 0 Å². The maximum Gasteiger partial charge on any atom is 0.119 e. The van der Waals surface area contributed by atoms with E-state index in [1.807, 2.05) is 54.6 Å². The SMILES string of the molecule is CC(C)COc1ccc(-c2nn(-c3ccccc3)cc2C#N)cc1. The summed E-state index contributed by atoms with van der Waals surface area (Å²) in [6.07, 6.45) is 1.76. The first-order valence-electron chi connectivity index (χ1n) is 7.96. The molecule has 4 heteroatoms. The molecule has 2 aromatic carbocycles. The molecule has 0 unspecified atom stereocenters. The van der Waals surface area contributed by atoms with Gasteiger partial charge in [-0.2, -0.15) is 10.4 Å². The van der Waals surface area contributed by atoms with Crippen molar-refractivity contribution in [2.75, 3.05) is 6.61 Å². The number of hydrogen-bond donors (Lipinski definition) is 0. The molecular formula is C20H19N3O. The highest BCUT2D eigenvalue weighted by atomic mass is 16.5. The lowest BCUT2D eigenvalue weighted by atomic mass is 10.1. The van der Waals surface area contributed by atoms with Crippen molar-refractivity contribution in [2.45, 2.75) is 13.8 Å². The van der Waals surface area contributed by atoms with Crippen molar-refractivity contribution in [3.05, 3.63) is 66.4 Å². The smallest absolute Gasteiger partial charge is 0.119 e. The van der Waals surface area contributed by atoms with Crippen molar-refractivity contribution in [1.29, 1.82) is 5.26 Å². The van der Waals surface area contributed by atoms with Crippen molar-refractivity contribution < 1.29 is 4.74 Å². The zero-order valence-corrected chi connectivity index (χ0v) is 13.8. The van der Waals surface area contributed by atoms with Gasteiger partial charge in [0.25, 0.3) is 0 Å². The minimum Gasteiger partial charge on any atom is -0.493 e. The molecular weight excluding hydrogens is 298 g/mol. The Kier molecular flexibility index (Phi) is 4.62. The Morgan fingerprint density at radius 2 is 1.79 bits per heavy atom. The van der Waals surface area contributed by atoms with Gasteiger partial charge in [0.2, 0.25) is 0 Å². The number of ether oxygens (including phenoxy) is 1. The van der Waals surface area contributed by atoms with Crippen molar-refractivity contribution in [1.82, 2.24) is 9.78 Å². The summed E-state index contributed by atoms with van der Waals surface area (Å²) in [4.78, 5) is 0. The first kappa shape index (κ1) is 15.8. The molecule has 0 aliphatic carbocycles. The van der Waals surface area contributed by atoms with Gasteiger partial charge in [-0.1, -0.05) is 32.0 Å². The van der Waals surface area contributed by atoms with Gasteiger partial charge in [0.1, 0.15) is 17.5 Å². The maximum absolute atomic E-state index is 9.41. The van der Waals surface area contributed by atoms with Crippen LogP contribution in [0.15, 0.2) is 60.8 Å². The molecule has 0 aliphatic heterocycles. The van der Waals surface area contributed by atoms with Crippen LogP contribution in [0.1, 0.15) is 19.4 Å². The normalized spacial score (nSPS) is 10.6. The van der Waals surface area contributed by atoms with E-state index in [2.05, 4.69) is 25.0 Å². The molecule has 0 amide bonds. The molecule has 0 spiro atoms. The number of para-hydroxylation sites is 1. The lowest BCUT2D eigenvalue weighted by Gasteiger charge is -2.08. The number of nitrogens with zero attached hydrogens (tertiary/aromatic N) is 3. The fraction of sp³-hybridized carbons (Fsp3) is 0.200. The average Bonchev–Trinajstić information content (AvgIpc) is 3.05. The van der Waals surface area contributed by atoms with Gasteiger partial charge in [0.15, 0.2) is 0 Å². The van der Waals surface area contributed by atoms with Gasteiger partial charge in [-0.3, -0.25) is 0 Å². The van der Waals surface area contributed by atoms with E-state index in [0.29, 0.717) is 23.8 Å². The minimum absolute atomic E-state index is 0.483. The molecule has 3 aromatic rings. The van der Waals surface area contributed by atoms with Crippen molar-refractivity contribution >= 4 is 0 Å². The van der Waals surface area contributed by atoms with E-state index in [1.54, 1.807) is 10.9 Å². The van der Waals surface area contributed by atoms with Crippen LogP contribution in [0.5, 0.6) is 5.75 Å². The Balaban J connectivity index is 1.89. The third kappa shape index (κ3) is 3.47. The molecule has 0 aliphatic rings. The van der Waals surface area contributed by atoms with Gasteiger partial charge in [-0.15, -0.1) is 0 Å². The zero-order valence-electron chi connectivity index (χ0n) is 13.8. The van der Waals surface area contributed by atoms with Gasteiger partial charge < -0.3 is 4.74 Å². The molecule has 1 heterocycles. The molecule has 0 atom stereocenters. The largest absolute Gasteiger partial charge is 0.493 e. The van der Waals surface area contributed by atoms with Crippen molar-refractivity contribution in [3.63, 3.8) is 0 Å². The van der Waals surface area contributed by atoms with Crippen molar-refractivity contribution in [3.8, 4) is 28.8 Å². The fourth-order valence-corrected chi connectivity index (χ4v) is 2.35. The number of benzene rings is 2. The summed E-state index contributed by atoms with van der Waals surface area (Å²) in [5.41, 5.74) is 3.06. The fourth-order valence-electron chi connectivity index (χ4n) is 2.35. The lowest BCUT2D eigenvalue weighted by Crippen LogP contribution is -2.04. The number of hydrogen-bond acceptors (Lipinski definition) is 3. The monoisotopic (exact) mass is 317 g/mol. The van der Waals surface area contributed by atoms with Crippen LogP contribution in [0.25, 0.3) is 16.9 Å². The lowest BCUT2D eigenvalue weighted by molar-refractivity contribution is 0.271. The molecule has 0 bridgehead atoms. The Morgan fingerprint density at radius 3 is 2.42 bits per heavy atom. The first-order valence-corrected chi connectivity index (χ1v) is 7.96. The highest BCUT2D eigenvalue weighted by molar-refractivity contribution is 5.67. The van der Waals surface area contributed by atoms with E-state index >= 15 is 0 Å². The van der Waals surface area contributed by atoms with Crippen LogP contribution in [-0.2, 0) is 0 Å². The molecule has 120 valence electrons. The minimum atomic E-state index is 0.483. The van der Waals surface area contributed by atoms with Gasteiger partial charge in [0.05, 0.1) is 17.9 Å². The Bertz CT molecular complexity index is 843. The van der Waals surface area contributed by atoms with E-state index in [1.165, 1.54) is 0 Å². The molecule has 0 N–H and O–H groups in total. The third-order valence-electron chi connectivity index (χ3n) is 3.57. The predicted octanol–water partition coefficient (Wildman–Crippen LogP) is 4.45. The highest BCUT2D eigenvalue weighted by Crippen LogP contribution is 2.25. The van der Waals surface area contributed by atoms with Crippen LogP contribution in [-0.4, -0.2) is 16.4 Å². The molecule has 0 radical (unpaired) electrons. The third-order valence-corrected chi connectivity index (χ3v) is 3.57. The van der Waals surface area contributed by atoms with Crippen LogP contribution in [0.4, 0.5) is 0 Å². The number of nitriles is 1. The maximum atomic E-state index is 9.41. The number of aromatic nitrogens is 2. The molecule has 1 aromatic heterocycles. The van der Waals surface area contributed by atoms with Crippen LogP contribution in [0, 0.1) is 17.2 Å². The number of rotatable bonds is 5. The van der Waals surface area contributed by atoms with E-state index in [-0.39, 0.29) is 0 Å². The topological polar surface area (TPSA) is 50.8 Å². The van der Waals surface area contributed by atoms with E-state index in [0.717, 1.165) is 17.0 Å². The van der Waals surface area contributed by atoms with E-state index in [4.69, 9.17) is 4.74 Å². The second-order valence-electron chi connectivity index (χ2n) is 6.01. The zero-order chi connectivity index (χ0) is 16.9. The molecule has 0 fully saturated rings. The summed E-state index contributed by atoms with van der Waals surface area (Å²) < 4.78 is 7.43. The Hall–Kier alpha value is -3.06. The highest BCUT2D eigenvalue weighted by Gasteiger charge is 2.12. The van der Waals surface area contributed by atoms with Crippen LogP contribution < -0.4 is 4.74 Å². The molecule has 3 rings (SSSR count). The predicted molar refractivity (Wildman–Crippen MR) is 94.0 cm³/mol. The van der Waals surface area contributed by atoms with Crippen LogP contribution >= 0.6 is 0 Å². The Labute approximate surface area is 141 Å². The van der Waals surface area contributed by atoms with Gasteiger partial charge in [-0.25, -0.2) is 4.68 Å². The Morgan fingerprint density at radius 1 is 1.08 bits per heavy atom. The second-order valence-corrected chi connectivity index (χ2v) is 6.01. The average molecular weight is 317 g/mol. The van der Waals surface area contributed by atoms with E-state index in [9.17, 15) is 5.26 Å². The first-order chi connectivity index (χ1) is 11.7. The van der Waals surface area contributed by atoms with Crippen molar-refractivity contribution in [2.24, 2.45) is 5.92 Å². The van der Waals surface area contributed by atoms with Gasteiger partial charge in [-0.05, 0) is 42.3 Å². The summed E-state index contributed by atoms with van der Waals surface area (Å²) >= 11 is 0. The second kappa shape index (κ2) is 7.01. The molecule has 0 saturated heterocycles. The summed E-state index contributed by atoms with van der Waals surface area (Å²) in [6.45, 7) is 4.92. The van der Waals surface area contributed by atoms with E-state index < -0.39 is 0 Å². The summed E-state index contributed by atoms with van der Waals surface area (Å²) in [7, 11) is 0. The summed E-state index contributed by atoms with van der Waals surface area (Å²) in [5.74, 6) is 1.31. The quantitative estimate of drug-likeness (QED) is 0.698. The van der Waals surface area contributed by atoms with Crippen LogP contribution in [0.2, 0.25) is 0 Å². The van der Waals surface area contributed by atoms with Gasteiger partial charge in [0, 0.05) is 11.8 Å². The van der Waals surface area contributed by atoms with Crippen LogP contribution in [0.3, 0.4) is 0 Å². The summed E-state index contributed by atoms with van der Waals surface area (Å²) in [5, 5.41) is 14.0. The molecule has 4 nitrogen and oxygen atoms in total. The standard InChI is InChI=1S/C20H19N3O/c1-15(2)14-24-19-10-8-16(9-11-19)20-17(12-21)13-23(22-20)18-6-4-3-5-7-18/h3-11,13,15H,14H2,1-2H3. The molecule has 24 heavy (non-hydrogen) atoms.